The second kappa shape index (κ2) is 12.5. The van der Waals surface area contributed by atoms with Gasteiger partial charge in [-0.2, -0.15) is 4.67 Å². The quantitative estimate of drug-likeness (QED) is 0.238. The van der Waals surface area contributed by atoms with E-state index in [1.807, 2.05) is 0 Å². The Morgan fingerprint density at radius 1 is 1.22 bits per heavy atom. The highest BCUT2D eigenvalue weighted by molar-refractivity contribution is 7.51. The Kier molecular flexibility index (Phi) is 9.92. The van der Waals surface area contributed by atoms with Crippen LogP contribution in [-0.2, 0) is 28.2 Å². The van der Waals surface area contributed by atoms with Gasteiger partial charge < -0.3 is 39.4 Å². The molecule has 2 heterocycles. The van der Waals surface area contributed by atoms with E-state index in [0.29, 0.717) is 18.6 Å². The lowest BCUT2D eigenvalue weighted by Crippen LogP contribution is -2.64. The summed E-state index contributed by atoms with van der Waals surface area (Å²) in [7, 11) is -3.00. The summed E-state index contributed by atoms with van der Waals surface area (Å²) in [5, 5.41) is 33.4. The third-order valence-electron chi connectivity index (χ3n) is 5.94. The molecule has 7 atom stereocenters. The van der Waals surface area contributed by atoms with Crippen molar-refractivity contribution >= 4 is 19.6 Å². The fourth-order valence-corrected chi connectivity index (χ4v) is 6.41. The first kappa shape index (κ1) is 29.3. The lowest BCUT2D eigenvalue weighted by Gasteiger charge is -2.44. The van der Waals surface area contributed by atoms with E-state index in [9.17, 15) is 29.5 Å². The molecule has 3 rings (SSSR count). The minimum atomic E-state index is -4.48. The predicted molar refractivity (Wildman–Crippen MR) is 129 cm³/mol. The zero-order chi connectivity index (χ0) is 27.3. The first-order valence-electron chi connectivity index (χ1n) is 12.0. The van der Waals surface area contributed by atoms with Crippen LogP contribution in [0.3, 0.4) is 0 Å². The monoisotopic (exact) mass is 546 g/mol. The number of rotatable bonds is 10. The molecule has 1 amide bonds. The summed E-state index contributed by atoms with van der Waals surface area (Å²) < 4.78 is 43.3. The highest BCUT2D eigenvalue weighted by atomic mass is 31.2. The van der Waals surface area contributed by atoms with Crippen molar-refractivity contribution < 1.29 is 52.7 Å². The normalized spacial score (nSPS) is 29.9. The topological polar surface area (TPSA) is 173 Å². The van der Waals surface area contributed by atoms with E-state index in [1.165, 1.54) is 30.8 Å². The van der Waals surface area contributed by atoms with Crippen molar-refractivity contribution in [3.63, 3.8) is 0 Å². The maximum absolute atomic E-state index is 14.5. The third kappa shape index (κ3) is 6.99. The van der Waals surface area contributed by atoms with Crippen LogP contribution >= 0.6 is 7.75 Å². The van der Waals surface area contributed by atoms with Crippen LogP contribution in [0.15, 0.2) is 24.3 Å². The Hall–Kier alpha value is -2.25. The van der Waals surface area contributed by atoms with Gasteiger partial charge >= 0.3 is 13.7 Å². The summed E-state index contributed by atoms with van der Waals surface area (Å²) in [4.78, 5) is 24.7. The van der Waals surface area contributed by atoms with Gasteiger partial charge in [-0.05, 0) is 51.0 Å². The smallest absolute Gasteiger partial charge is 0.462 e. The number of ether oxygens (including phenoxy) is 3. The Balaban J connectivity index is 2.01. The van der Waals surface area contributed by atoms with Crippen molar-refractivity contribution in [3.05, 3.63) is 24.3 Å². The van der Waals surface area contributed by atoms with Crippen LogP contribution in [0.2, 0.25) is 0 Å². The standard InChI is InChI=1S/C23H35N2O11P/c1-13(2)33-22(29)17-6-5-11-25(17)37(31,35-16-9-7-15(32-4)8-10-16)36-21-19(24-14(3)27)23(30)34-18(12-26)20(21)28/h7-10,13,17-21,23,26,28,30H,5-6,11-12H2,1-4H3,(H,24,27)/t17?,18-,19-,20-,21-,23+,37?/m1/s1. The van der Waals surface area contributed by atoms with Gasteiger partial charge in [0.25, 0.3) is 0 Å². The van der Waals surface area contributed by atoms with Crippen LogP contribution in [0.4, 0.5) is 0 Å². The molecule has 0 aromatic heterocycles. The van der Waals surface area contributed by atoms with Gasteiger partial charge in [-0.3, -0.25) is 14.1 Å². The Labute approximate surface area is 215 Å². The van der Waals surface area contributed by atoms with Crippen molar-refractivity contribution in [3.8, 4) is 11.5 Å². The first-order valence-corrected chi connectivity index (χ1v) is 13.5. The average molecular weight is 547 g/mol. The molecule has 37 heavy (non-hydrogen) atoms. The van der Waals surface area contributed by atoms with Crippen LogP contribution in [0, 0.1) is 0 Å². The molecule has 4 N–H and O–H groups in total. The number of nitrogens with zero attached hydrogens (tertiary/aromatic N) is 1. The number of hydrogen-bond donors (Lipinski definition) is 4. The molecule has 2 fully saturated rings. The summed E-state index contributed by atoms with van der Waals surface area (Å²) in [6, 6.07) is 3.78. The lowest BCUT2D eigenvalue weighted by molar-refractivity contribution is -0.250. The number of amides is 1. The SMILES string of the molecule is COc1ccc(OP(=O)(O[C@H]2[C@H](O)[C@@H](CO)O[C@H](O)[C@@H]2NC(C)=O)N2CCCC2C(=O)OC(C)C)cc1. The number of aliphatic hydroxyl groups is 3. The van der Waals surface area contributed by atoms with Crippen LogP contribution < -0.4 is 14.6 Å². The molecule has 2 aliphatic heterocycles. The van der Waals surface area contributed by atoms with Crippen molar-refractivity contribution in [2.24, 2.45) is 0 Å². The molecule has 0 radical (unpaired) electrons. The summed E-state index contributed by atoms with van der Waals surface area (Å²) in [5.74, 6) is -0.568. The van der Waals surface area contributed by atoms with Crippen LogP contribution in [0.1, 0.15) is 33.6 Å². The van der Waals surface area contributed by atoms with Crippen molar-refractivity contribution in [1.29, 1.82) is 0 Å². The molecule has 2 unspecified atom stereocenters. The van der Waals surface area contributed by atoms with Gasteiger partial charge in [-0.1, -0.05) is 0 Å². The largest absolute Gasteiger partial charge is 0.497 e. The zero-order valence-corrected chi connectivity index (χ0v) is 22.1. The second-order valence-corrected chi connectivity index (χ2v) is 10.9. The van der Waals surface area contributed by atoms with Gasteiger partial charge in [-0.15, -0.1) is 0 Å². The molecule has 0 aliphatic carbocycles. The Morgan fingerprint density at radius 2 is 1.86 bits per heavy atom. The number of carbonyl (C=O) groups excluding carboxylic acids is 2. The van der Waals surface area contributed by atoms with Crippen molar-refractivity contribution in [2.75, 3.05) is 20.3 Å². The molecule has 0 saturated carbocycles. The zero-order valence-electron chi connectivity index (χ0n) is 21.2. The van der Waals surface area contributed by atoms with Crippen LogP contribution in [-0.4, -0.2) is 94.9 Å². The van der Waals surface area contributed by atoms with Crippen LogP contribution in [0.5, 0.6) is 11.5 Å². The highest BCUT2D eigenvalue weighted by Crippen LogP contribution is 2.57. The minimum absolute atomic E-state index is 0.115. The van der Waals surface area contributed by atoms with Crippen molar-refractivity contribution in [2.45, 2.75) is 76.4 Å². The number of aliphatic hydroxyl groups excluding tert-OH is 3. The number of hydrogen-bond acceptors (Lipinski definition) is 11. The number of methoxy groups -OCH3 is 1. The molecular formula is C23H35N2O11P. The van der Waals surface area contributed by atoms with E-state index in [0.717, 1.165) is 0 Å². The predicted octanol–water partition coefficient (Wildman–Crippen LogP) is 0.558. The Bertz CT molecular complexity index is 976. The third-order valence-corrected chi connectivity index (χ3v) is 8.00. The van der Waals surface area contributed by atoms with E-state index in [1.54, 1.807) is 26.0 Å². The number of esters is 1. The molecule has 1 aromatic carbocycles. The fraction of sp³-hybridized carbons (Fsp3) is 0.652. The van der Waals surface area contributed by atoms with Gasteiger partial charge in [0.05, 0.1) is 19.8 Å². The molecular weight excluding hydrogens is 511 g/mol. The summed E-state index contributed by atoms with van der Waals surface area (Å²) >= 11 is 0. The van der Waals surface area contributed by atoms with E-state index in [2.05, 4.69) is 5.32 Å². The second-order valence-electron chi connectivity index (χ2n) is 9.08. The molecule has 13 nitrogen and oxygen atoms in total. The summed E-state index contributed by atoms with van der Waals surface area (Å²) in [6.07, 6.45) is -5.80. The van der Waals surface area contributed by atoms with Gasteiger partial charge in [-0.25, -0.2) is 4.57 Å². The number of benzene rings is 1. The molecule has 14 heteroatoms. The number of nitrogens with one attached hydrogen (secondary N) is 1. The van der Waals surface area contributed by atoms with Gasteiger partial charge in [0.2, 0.25) is 5.91 Å². The van der Waals surface area contributed by atoms with E-state index in [4.69, 9.17) is 23.3 Å². The van der Waals surface area contributed by atoms with Gasteiger partial charge in [0, 0.05) is 13.5 Å². The molecule has 0 spiro atoms. The summed E-state index contributed by atoms with van der Waals surface area (Å²) in [5.41, 5.74) is 0. The molecule has 208 valence electrons. The first-order chi connectivity index (χ1) is 17.5. The maximum atomic E-state index is 14.5. The van der Waals surface area contributed by atoms with Crippen molar-refractivity contribution in [1.82, 2.24) is 9.99 Å². The van der Waals surface area contributed by atoms with Crippen LogP contribution in [0.25, 0.3) is 0 Å². The maximum Gasteiger partial charge on any atom is 0.462 e. The molecule has 2 aliphatic rings. The summed E-state index contributed by atoms with van der Waals surface area (Å²) in [6.45, 7) is 4.01. The molecule has 1 aromatic rings. The molecule has 2 saturated heterocycles. The number of carbonyl (C=O) groups is 2. The lowest BCUT2D eigenvalue weighted by atomic mass is 9.97. The minimum Gasteiger partial charge on any atom is -0.497 e. The average Bonchev–Trinajstić information content (AvgIpc) is 3.34. The van der Waals surface area contributed by atoms with Gasteiger partial charge in [0.1, 0.15) is 41.9 Å². The Morgan fingerprint density at radius 3 is 2.43 bits per heavy atom. The molecule has 0 bridgehead atoms. The fourth-order valence-electron chi connectivity index (χ4n) is 4.25. The van der Waals surface area contributed by atoms with Gasteiger partial charge in [0.15, 0.2) is 6.29 Å². The highest BCUT2D eigenvalue weighted by Gasteiger charge is 2.54. The van der Waals surface area contributed by atoms with E-state index >= 15 is 0 Å². The van der Waals surface area contributed by atoms with E-state index < -0.39 is 69.0 Å². The van der Waals surface area contributed by atoms with E-state index in [-0.39, 0.29) is 12.3 Å².